The van der Waals surface area contributed by atoms with Gasteiger partial charge in [0.05, 0.1) is 6.26 Å². The minimum absolute atomic E-state index is 0.00895. The molecule has 1 aliphatic rings. The van der Waals surface area contributed by atoms with E-state index in [1.54, 1.807) is 18.2 Å². The van der Waals surface area contributed by atoms with Crippen molar-refractivity contribution in [3.63, 3.8) is 0 Å². The van der Waals surface area contributed by atoms with Crippen LogP contribution in [0.2, 0.25) is 0 Å². The van der Waals surface area contributed by atoms with Crippen LogP contribution in [0, 0.1) is 0 Å². The third-order valence-electron chi connectivity index (χ3n) is 4.10. The number of nitrogens with one attached hydrogen (secondary N) is 1. The van der Waals surface area contributed by atoms with Crippen LogP contribution in [0.1, 0.15) is 29.0 Å². The maximum atomic E-state index is 12.2. The molecule has 1 aliphatic heterocycles. The number of likely N-dealkylation sites (tertiary alicyclic amines) is 1. The zero-order valence-corrected chi connectivity index (χ0v) is 13.4. The summed E-state index contributed by atoms with van der Waals surface area (Å²) >= 11 is 0. The largest absolute Gasteiger partial charge is 0.459 e. The molecule has 0 aliphatic carbocycles. The Morgan fingerprint density at radius 1 is 1.08 bits per heavy atom. The Morgan fingerprint density at radius 3 is 2.50 bits per heavy atom. The van der Waals surface area contributed by atoms with Gasteiger partial charge in [-0.15, -0.1) is 0 Å². The van der Waals surface area contributed by atoms with Crippen molar-refractivity contribution in [2.45, 2.75) is 18.9 Å². The van der Waals surface area contributed by atoms with Gasteiger partial charge in [0.1, 0.15) is 0 Å². The molecule has 1 aromatic carbocycles. The van der Waals surface area contributed by atoms with E-state index >= 15 is 0 Å². The predicted molar refractivity (Wildman–Crippen MR) is 91.3 cm³/mol. The molecule has 0 atom stereocenters. The van der Waals surface area contributed by atoms with Gasteiger partial charge in [-0.1, -0.05) is 30.3 Å². The number of hydrogen-bond donors (Lipinski definition) is 1. The lowest BCUT2D eigenvalue weighted by molar-refractivity contribution is -0.126. The SMILES string of the molecule is O=C(NC1CCN(C(=O)/C=C/c2ccccc2)CC1)c1ccco1. The van der Waals surface area contributed by atoms with Gasteiger partial charge in [-0.3, -0.25) is 9.59 Å². The highest BCUT2D eigenvalue weighted by Gasteiger charge is 2.23. The molecule has 0 radical (unpaired) electrons. The van der Waals surface area contributed by atoms with Crippen LogP contribution >= 0.6 is 0 Å². The summed E-state index contributed by atoms with van der Waals surface area (Å²) in [6.07, 6.45) is 6.41. The molecule has 2 amide bonds. The summed E-state index contributed by atoms with van der Waals surface area (Å²) < 4.78 is 5.08. The second-order valence-corrected chi connectivity index (χ2v) is 5.79. The van der Waals surface area contributed by atoms with Crippen molar-refractivity contribution in [1.82, 2.24) is 10.2 Å². The first kappa shape index (κ1) is 16.1. The molecule has 0 unspecified atom stereocenters. The second kappa shape index (κ2) is 7.64. The smallest absolute Gasteiger partial charge is 0.287 e. The molecular weight excluding hydrogens is 304 g/mol. The lowest BCUT2D eigenvalue weighted by Crippen LogP contribution is -2.46. The quantitative estimate of drug-likeness (QED) is 0.880. The molecule has 1 fully saturated rings. The van der Waals surface area contributed by atoms with E-state index in [1.807, 2.05) is 41.3 Å². The van der Waals surface area contributed by atoms with E-state index < -0.39 is 0 Å². The number of rotatable bonds is 4. The summed E-state index contributed by atoms with van der Waals surface area (Å²) in [5.74, 6) is 0.128. The van der Waals surface area contributed by atoms with Crippen LogP contribution in [0.15, 0.2) is 59.2 Å². The summed E-state index contributed by atoms with van der Waals surface area (Å²) in [4.78, 5) is 26.0. The molecule has 5 nitrogen and oxygen atoms in total. The molecule has 0 saturated carbocycles. The number of hydrogen-bond acceptors (Lipinski definition) is 3. The monoisotopic (exact) mass is 324 g/mol. The summed E-state index contributed by atoms with van der Waals surface area (Å²) in [7, 11) is 0. The van der Waals surface area contributed by atoms with Gasteiger partial charge >= 0.3 is 0 Å². The van der Waals surface area contributed by atoms with Crippen molar-refractivity contribution >= 4 is 17.9 Å². The Bertz CT molecular complexity index is 699. The highest BCUT2D eigenvalue weighted by atomic mass is 16.3. The normalized spacial score (nSPS) is 15.6. The van der Waals surface area contributed by atoms with Gasteiger partial charge in [-0.25, -0.2) is 0 Å². The fourth-order valence-corrected chi connectivity index (χ4v) is 2.75. The molecule has 0 bridgehead atoms. The third-order valence-corrected chi connectivity index (χ3v) is 4.10. The molecule has 2 heterocycles. The predicted octanol–water partition coefficient (Wildman–Crippen LogP) is 2.71. The molecule has 5 heteroatoms. The van der Waals surface area contributed by atoms with Gasteiger partial charge in [0.15, 0.2) is 5.76 Å². The number of carbonyl (C=O) groups is 2. The standard InChI is InChI=1S/C19H20N2O3/c22-18(9-8-15-5-2-1-3-6-15)21-12-10-16(11-13-21)20-19(23)17-7-4-14-24-17/h1-9,14,16H,10-13H2,(H,20,23)/b9-8+. The highest BCUT2D eigenvalue weighted by Crippen LogP contribution is 2.13. The Labute approximate surface area is 141 Å². The maximum absolute atomic E-state index is 12.2. The molecule has 2 aromatic rings. The van der Waals surface area contributed by atoms with E-state index in [-0.39, 0.29) is 17.9 Å². The summed E-state index contributed by atoms with van der Waals surface area (Å²) in [5, 5.41) is 2.95. The molecule has 1 aromatic heterocycles. The van der Waals surface area contributed by atoms with Gasteiger partial charge < -0.3 is 14.6 Å². The summed E-state index contributed by atoms with van der Waals surface area (Å²) in [5.41, 5.74) is 1.01. The van der Waals surface area contributed by atoms with E-state index in [0.717, 1.165) is 18.4 Å². The van der Waals surface area contributed by atoms with Gasteiger partial charge in [-0.2, -0.15) is 0 Å². The number of carbonyl (C=O) groups excluding carboxylic acids is 2. The average Bonchev–Trinajstić information content (AvgIpc) is 3.16. The Morgan fingerprint density at radius 2 is 1.83 bits per heavy atom. The van der Waals surface area contributed by atoms with Crippen LogP contribution in [0.5, 0.6) is 0 Å². The number of piperidine rings is 1. The zero-order chi connectivity index (χ0) is 16.8. The first-order valence-corrected chi connectivity index (χ1v) is 8.09. The van der Waals surface area contributed by atoms with Gasteiger partial charge in [0.2, 0.25) is 5.91 Å². The van der Waals surface area contributed by atoms with E-state index in [2.05, 4.69) is 5.32 Å². The Kier molecular flexibility index (Phi) is 5.11. The highest BCUT2D eigenvalue weighted by molar-refractivity contribution is 5.92. The van der Waals surface area contributed by atoms with Crippen molar-refractivity contribution in [1.29, 1.82) is 0 Å². The molecule has 1 saturated heterocycles. The number of benzene rings is 1. The second-order valence-electron chi connectivity index (χ2n) is 5.79. The van der Waals surface area contributed by atoms with Crippen molar-refractivity contribution in [3.8, 4) is 0 Å². The minimum Gasteiger partial charge on any atom is -0.459 e. The first-order chi connectivity index (χ1) is 11.7. The molecule has 3 rings (SSSR count). The van der Waals surface area contributed by atoms with Crippen molar-refractivity contribution in [3.05, 3.63) is 66.1 Å². The third kappa shape index (κ3) is 4.13. The zero-order valence-electron chi connectivity index (χ0n) is 13.4. The van der Waals surface area contributed by atoms with Crippen LogP contribution in [0.3, 0.4) is 0 Å². The lowest BCUT2D eigenvalue weighted by Gasteiger charge is -2.31. The first-order valence-electron chi connectivity index (χ1n) is 8.09. The molecule has 1 N–H and O–H groups in total. The van der Waals surface area contributed by atoms with Crippen LogP contribution in [-0.4, -0.2) is 35.8 Å². The van der Waals surface area contributed by atoms with Gasteiger partial charge in [0.25, 0.3) is 5.91 Å². The van der Waals surface area contributed by atoms with Gasteiger partial charge in [-0.05, 0) is 36.6 Å². The number of furan rings is 1. The number of nitrogens with zero attached hydrogens (tertiary/aromatic N) is 1. The maximum Gasteiger partial charge on any atom is 0.287 e. The topological polar surface area (TPSA) is 62.6 Å². The lowest BCUT2D eigenvalue weighted by atomic mass is 10.0. The van der Waals surface area contributed by atoms with Crippen LogP contribution in [0.25, 0.3) is 6.08 Å². The minimum atomic E-state index is -0.200. The van der Waals surface area contributed by atoms with E-state index in [0.29, 0.717) is 18.8 Å². The van der Waals surface area contributed by atoms with Crippen molar-refractivity contribution < 1.29 is 14.0 Å². The van der Waals surface area contributed by atoms with Crippen molar-refractivity contribution in [2.24, 2.45) is 0 Å². The Balaban J connectivity index is 1.47. The fourth-order valence-electron chi connectivity index (χ4n) is 2.75. The Hall–Kier alpha value is -2.82. The van der Waals surface area contributed by atoms with Gasteiger partial charge in [0, 0.05) is 25.2 Å². The van der Waals surface area contributed by atoms with E-state index in [1.165, 1.54) is 6.26 Å². The van der Waals surface area contributed by atoms with E-state index in [9.17, 15) is 9.59 Å². The molecule has 0 spiro atoms. The van der Waals surface area contributed by atoms with Crippen molar-refractivity contribution in [2.75, 3.05) is 13.1 Å². The van der Waals surface area contributed by atoms with E-state index in [4.69, 9.17) is 4.42 Å². The average molecular weight is 324 g/mol. The fraction of sp³-hybridized carbons (Fsp3) is 0.263. The van der Waals surface area contributed by atoms with Crippen LogP contribution in [0.4, 0.5) is 0 Å². The molecule has 24 heavy (non-hydrogen) atoms. The number of amides is 2. The summed E-state index contributed by atoms with van der Waals surface area (Å²) in [6, 6.07) is 13.2. The molecular formula is C19H20N2O3. The van der Waals surface area contributed by atoms with Crippen LogP contribution < -0.4 is 5.32 Å². The molecule has 124 valence electrons. The van der Waals surface area contributed by atoms with Crippen LogP contribution in [-0.2, 0) is 4.79 Å². The summed E-state index contributed by atoms with van der Waals surface area (Å²) in [6.45, 7) is 1.28.